The van der Waals surface area contributed by atoms with E-state index in [0.717, 1.165) is 19.4 Å². The summed E-state index contributed by atoms with van der Waals surface area (Å²) in [7, 11) is -4.20. The first-order chi connectivity index (χ1) is 10.1. The molecule has 2 saturated heterocycles. The Labute approximate surface area is 129 Å². The van der Waals surface area contributed by atoms with Crippen LogP contribution in [-0.2, 0) is 21.0 Å². The summed E-state index contributed by atoms with van der Waals surface area (Å²) in [6, 6.07) is 0.675. The van der Waals surface area contributed by atoms with Crippen molar-refractivity contribution in [2.45, 2.75) is 31.7 Å². The van der Waals surface area contributed by atoms with E-state index in [4.69, 9.17) is 0 Å². The van der Waals surface area contributed by atoms with Gasteiger partial charge in [-0.1, -0.05) is 0 Å². The number of piperidine rings is 1. The minimum Gasteiger partial charge on any atom is -0.314 e. The molecule has 0 aromatic rings. The summed E-state index contributed by atoms with van der Waals surface area (Å²) in [4.78, 5) is 0. The van der Waals surface area contributed by atoms with E-state index in [2.05, 4.69) is 5.32 Å². The van der Waals surface area contributed by atoms with Crippen LogP contribution in [0.5, 0.6) is 0 Å². The van der Waals surface area contributed by atoms with Crippen LogP contribution in [0.2, 0.25) is 0 Å². The summed E-state index contributed by atoms with van der Waals surface area (Å²) in [5.41, 5.74) is 0. The van der Waals surface area contributed by atoms with Crippen molar-refractivity contribution in [3.63, 3.8) is 0 Å². The zero-order valence-electron chi connectivity index (χ0n) is 12.4. The summed E-state index contributed by atoms with van der Waals surface area (Å²) in [5.74, 6) is 1.37. The van der Waals surface area contributed by atoms with E-state index in [9.17, 15) is 12.6 Å². The average Bonchev–Trinajstić information content (AvgIpc) is 3.30. The van der Waals surface area contributed by atoms with E-state index in [-0.39, 0.29) is 0 Å². The van der Waals surface area contributed by atoms with Crippen molar-refractivity contribution in [2.24, 2.45) is 5.92 Å². The molecule has 122 valence electrons. The van der Waals surface area contributed by atoms with Gasteiger partial charge in [-0.15, -0.1) is 0 Å². The van der Waals surface area contributed by atoms with Crippen LogP contribution in [0.1, 0.15) is 25.7 Å². The van der Waals surface area contributed by atoms with E-state index in [1.807, 2.05) is 0 Å². The molecule has 1 aliphatic carbocycles. The summed E-state index contributed by atoms with van der Waals surface area (Å²) in [5, 5.41) is 3.51. The molecule has 3 aliphatic rings. The Hall–Kier alpha value is -0.0200. The fourth-order valence-corrected chi connectivity index (χ4v) is 6.05. The highest BCUT2D eigenvalue weighted by Crippen LogP contribution is 2.24. The maximum Gasteiger partial charge on any atom is 0.282 e. The predicted molar refractivity (Wildman–Crippen MR) is 83.7 cm³/mol. The molecule has 3 rings (SSSR count). The van der Waals surface area contributed by atoms with Gasteiger partial charge in [-0.3, -0.25) is 4.21 Å². The molecule has 2 heterocycles. The third-order valence-corrected chi connectivity index (χ3v) is 7.82. The zero-order chi connectivity index (χ0) is 14.9. The van der Waals surface area contributed by atoms with Crippen molar-refractivity contribution in [3.8, 4) is 0 Å². The summed E-state index contributed by atoms with van der Waals surface area (Å²) in [6.45, 7) is 2.98. The van der Waals surface area contributed by atoms with Gasteiger partial charge in [0.05, 0.1) is 0 Å². The van der Waals surface area contributed by atoms with Crippen molar-refractivity contribution < 1.29 is 12.6 Å². The molecule has 1 unspecified atom stereocenters. The van der Waals surface area contributed by atoms with E-state index < -0.39 is 21.0 Å². The van der Waals surface area contributed by atoms with E-state index in [1.165, 1.54) is 17.1 Å². The van der Waals surface area contributed by atoms with Gasteiger partial charge in [0.15, 0.2) is 0 Å². The lowest BCUT2D eigenvalue weighted by Gasteiger charge is -2.36. The summed E-state index contributed by atoms with van der Waals surface area (Å²) >= 11 is 0. The fourth-order valence-electron chi connectivity index (χ4n) is 3.04. The number of nitrogens with zero attached hydrogens (tertiary/aromatic N) is 2. The van der Waals surface area contributed by atoms with Gasteiger partial charge in [-0.05, 0) is 38.1 Å². The fraction of sp³-hybridized carbons (Fsp3) is 1.00. The first-order valence-electron chi connectivity index (χ1n) is 7.89. The van der Waals surface area contributed by atoms with E-state index in [1.54, 1.807) is 4.31 Å². The number of nitrogens with one attached hydrogen (secondary N) is 1. The molecule has 0 amide bonds. The molecule has 1 atom stereocenters. The number of rotatable bonds is 5. The maximum absolute atomic E-state index is 12.7. The highest BCUT2D eigenvalue weighted by atomic mass is 32.2. The van der Waals surface area contributed by atoms with Crippen molar-refractivity contribution in [1.82, 2.24) is 13.9 Å². The van der Waals surface area contributed by atoms with E-state index >= 15 is 0 Å². The Morgan fingerprint density at radius 3 is 2.43 bits per heavy atom. The lowest BCUT2D eigenvalue weighted by Crippen LogP contribution is -2.52. The molecule has 0 aromatic heterocycles. The second-order valence-electron chi connectivity index (χ2n) is 6.30. The molecule has 0 aromatic carbocycles. The topological polar surface area (TPSA) is 69.7 Å². The van der Waals surface area contributed by atoms with Crippen LogP contribution >= 0.6 is 0 Å². The lowest BCUT2D eigenvalue weighted by molar-refractivity contribution is 0.243. The van der Waals surface area contributed by atoms with Crippen molar-refractivity contribution in [1.29, 1.82) is 0 Å². The van der Waals surface area contributed by atoms with Gasteiger partial charge < -0.3 is 5.32 Å². The molecule has 0 spiro atoms. The van der Waals surface area contributed by atoms with Crippen LogP contribution in [0.3, 0.4) is 0 Å². The Morgan fingerprint density at radius 2 is 1.76 bits per heavy atom. The molecule has 3 fully saturated rings. The van der Waals surface area contributed by atoms with Gasteiger partial charge in [-0.25, -0.2) is 0 Å². The van der Waals surface area contributed by atoms with Gasteiger partial charge in [0, 0.05) is 54.5 Å². The number of hydrogen-bond donors (Lipinski definition) is 1. The Kier molecular flexibility index (Phi) is 5.00. The minimum absolute atomic E-state index is 0.399. The molecule has 0 bridgehead atoms. The monoisotopic (exact) mass is 335 g/mol. The molecular formula is C13H25N3O3S2. The standard InChI is InChI=1S/C13H25N3O3S2/c17-20-8-6-15(7-9-20)21(18,19)16-5-1-2-12(11-16)10-14-13-3-4-13/h12-14H,1-11H2. The Morgan fingerprint density at radius 1 is 1.05 bits per heavy atom. The molecule has 2 aliphatic heterocycles. The highest BCUT2D eigenvalue weighted by Gasteiger charge is 2.35. The minimum atomic E-state index is -3.36. The van der Waals surface area contributed by atoms with Gasteiger partial charge in [0.2, 0.25) is 0 Å². The average molecular weight is 335 g/mol. The molecule has 6 nitrogen and oxygen atoms in total. The van der Waals surface area contributed by atoms with Gasteiger partial charge in [0.1, 0.15) is 0 Å². The van der Waals surface area contributed by atoms with Crippen LogP contribution in [0, 0.1) is 5.92 Å². The second kappa shape index (κ2) is 6.62. The van der Waals surface area contributed by atoms with Crippen LogP contribution < -0.4 is 5.32 Å². The van der Waals surface area contributed by atoms with Gasteiger partial charge >= 0.3 is 0 Å². The Bertz CT molecular complexity index is 483. The summed E-state index contributed by atoms with van der Waals surface area (Å²) in [6.07, 6.45) is 4.57. The van der Waals surface area contributed by atoms with Crippen molar-refractivity contribution in [3.05, 3.63) is 0 Å². The first kappa shape index (κ1) is 15.9. The van der Waals surface area contributed by atoms with Gasteiger partial charge in [0.25, 0.3) is 10.2 Å². The van der Waals surface area contributed by atoms with Crippen LogP contribution in [0.15, 0.2) is 0 Å². The predicted octanol–water partition coefficient (Wildman–Crippen LogP) is -0.240. The molecule has 21 heavy (non-hydrogen) atoms. The molecule has 0 radical (unpaired) electrons. The quantitative estimate of drug-likeness (QED) is 0.753. The first-order valence-corrected chi connectivity index (χ1v) is 10.8. The normalized spacial score (nSPS) is 30.6. The van der Waals surface area contributed by atoms with Crippen molar-refractivity contribution >= 4 is 21.0 Å². The van der Waals surface area contributed by atoms with Crippen LogP contribution in [-0.4, -0.2) is 71.5 Å². The molecule has 8 heteroatoms. The largest absolute Gasteiger partial charge is 0.314 e. The summed E-state index contributed by atoms with van der Waals surface area (Å²) < 4.78 is 39.9. The number of hydrogen-bond acceptors (Lipinski definition) is 4. The highest BCUT2D eigenvalue weighted by molar-refractivity contribution is 7.87. The van der Waals surface area contributed by atoms with Crippen LogP contribution in [0.25, 0.3) is 0 Å². The second-order valence-corrected chi connectivity index (χ2v) is 9.93. The maximum atomic E-state index is 12.7. The lowest BCUT2D eigenvalue weighted by atomic mass is 10.00. The molecular weight excluding hydrogens is 310 g/mol. The van der Waals surface area contributed by atoms with Crippen LogP contribution in [0.4, 0.5) is 0 Å². The van der Waals surface area contributed by atoms with E-state index in [0.29, 0.717) is 49.6 Å². The molecule has 1 saturated carbocycles. The smallest absolute Gasteiger partial charge is 0.282 e. The van der Waals surface area contributed by atoms with Gasteiger partial charge in [-0.2, -0.15) is 17.0 Å². The third-order valence-electron chi connectivity index (χ3n) is 4.54. The Balaban J connectivity index is 1.57. The molecule has 1 N–H and O–H groups in total. The third kappa shape index (κ3) is 4.04. The van der Waals surface area contributed by atoms with Crippen molar-refractivity contribution in [2.75, 3.05) is 44.2 Å². The zero-order valence-corrected chi connectivity index (χ0v) is 14.0. The SMILES string of the molecule is O=S1CCN(S(=O)(=O)N2CCCC(CNC3CC3)C2)CC1.